The second-order valence-corrected chi connectivity index (χ2v) is 12.4. The molecule has 0 aromatic rings. The number of allylic oxidation sites excluding steroid dienone is 3. The molecule has 1 N–H and O–H groups in total. The van der Waals surface area contributed by atoms with Gasteiger partial charge in [-0.1, -0.05) is 56.2 Å². The topological polar surface area (TPSA) is 38.7 Å². The molecule has 3 saturated carbocycles. The third-order valence-electron chi connectivity index (χ3n) is 10.7. The van der Waals surface area contributed by atoms with Crippen molar-refractivity contribution in [1.29, 1.82) is 0 Å². The Bertz CT molecular complexity index is 869. The first kappa shape index (κ1) is 20.7. The van der Waals surface area contributed by atoms with Gasteiger partial charge in [0, 0.05) is 17.3 Å². The fourth-order valence-electron chi connectivity index (χ4n) is 8.82. The zero-order valence-corrected chi connectivity index (χ0v) is 19.8. The van der Waals surface area contributed by atoms with Crippen LogP contribution in [-0.2, 0) is 9.47 Å². The highest BCUT2D eigenvalue weighted by atomic mass is 16.7. The molecule has 0 radical (unpaired) electrons. The Labute approximate surface area is 188 Å². The van der Waals surface area contributed by atoms with Gasteiger partial charge in [0.2, 0.25) is 0 Å². The van der Waals surface area contributed by atoms with Gasteiger partial charge >= 0.3 is 0 Å². The van der Waals surface area contributed by atoms with Gasteiger partial charge in [0.15, 0.2) is 6.29 Å². The van der Waals surface area contributed by atoms with Gasteiger partial charge in [-0.05, 0) is 75.5 Å². The van der Waals surface area contributed by atoms with Crippen molar-refractivity contribution in [2.24, 2.45) is 34.5 Å². The molecule has 170 valence electrons. The molecule has 6 aliphatic rings. The monoisotopic (exact) mass is 424 g/mol. The summed E-state index contributed by atoms with van der Waals surface area (Å²) in [6.45, 7) is 13.7. The lowest BCUT2D eigenvalue weighted by Gasteiger charge is -2.53. The molecule has 2 bridgehead atoms. The van der Waals surface area contributed by atoms with Crippen LogP contribution in [0.5, 0.6) is 0 Å². The Balaban J connectivity index is 1.32. The van der Waals surface area contributed by atoms with Crippen LogP contribution in [0.25, 0.3) is 0 Å². The normalized spacial score (nSPS) is 51.8. The maximum atomic E-state index is 10.3. The molecule has 0 aromatic heterocycles. The smallest absolute Gasteiger partial charge is 0.165 e. The number of aliphatic hydroxyl groups excluding tert-OH is 1. The van der Waals surface area contributed by atoms with E-state index in [2.05, 4.69) is 46.4 Å². The van der Waals surface area contributed by atoms with Crippen molar-refractivity contribution in [3.05, 3.63) is 35.5 Å². The van der Waals surface area contributed by atoms with Crippen molar-refractivity contribution >= 4 is 0 Å². The third-order valence-corrected chi connectivity index (χ3v) is 10.7. The summed E-state index contributed by atoms with van der Waals surface area (Å²) in [4.78, 5) is 0. The van der Waals surface area contributed by atoms with Gasteiger partial charge in [-0.3, -0.25) is 0 Å². The van der Waals surface area contributed by atoms with E-state index in [9.17, 15) is 5.11 Å². The quantitative estimate of drug-likeness (QED) is 0.567. The summed E-state index contributed by atoms with van der Waals surface area (Å²) < 4.78 is 13.4. The molecule has 31 heavy (non-hydrogen) atoms. The highest BCUT2D eigenvalue weighted by molar-refractivity contribution is 5.41. The van der Waals surface area contributed by atoms with E-state index in [0.717, 1.165) is 38.5 Å². The fourth-order valence-corrected chi connectivity index (χ4v) is 8.82. The molecule has 3 nitrogen and oxygen atoms in total. The van der Waals surface area contributed by atoms with Crippen LogP contribution in [0.1, 0.15) is 79.1 Å². The standard InChI is InChI=1S/C28H40O3/c1-16(2)17(3)8-12-27(5)23-15-22-24-20-7-6-18-14-19(29)9-11-26(18,4)21(20)10-13-28(23,24)25(30-22)31-27/h6-7,16,19,21-25,29H,3,8-15H2,1-2,4-5H3. The van der Waals surface area contributed by atoms with Crippen molar-refractivity contribution in [3.8, 4) is 0 Å². The Morgan fingerprint density at radius 1 is 1.23 bits per heavy atom. The summed E-state index contributed by atoms with van der Waals surface area (Å²) in [6, 6.07) is 0. The van der Waals surface area contributed by atoms with Gasteiger partial charge in [0.05, 0.1) is 17.8 Å². The van der Waals surface area contributed by atoms with E-state index in [0.29, 0.717) is 29.8 Å². The van der Waals surface area contributed by atoms with Crippen LogP contribution in [0, 0.1) is 34.5 Å². The number of ether oxygens (including phenoxy) is 2. The minimum absolute atomic E-state index is 0.0215. The van der Waals surface area contributed by atoms with Crippen molar-refractivity contribution < 1.29 is 14.6 Å². The maximum absolute atomic E-state index is 10.3. The first-order chi connectivity index (χ1) is 14.7. The predicted molar refractivity (Wildman–Crippen MR) is 122 cm³/mol. The average Bonchev–Trinajstić information content (AvgIpc) is 3.25. The maximum Gasteiger partial charge on any atom is 0.165 e. The predicted octanol–water partition coefficient (Wildman–Crippen LogP) is 5.94. The minimum atomic E-state index is -0.152. The van der Waals surface area contributed by atoms with Crippen LogP contribution in [0.2, 0.25) is 0 Å². The van der Waals surface area contributed by atoms with Crippen LogP contribution in [0.15, 0.2) is 35.5 Å². The highest BCUT2D eigenvalue weighted by Gasteiger charge is 2.77. The van der Waals surface area contributed by atoms with E-state index in [1.807, 2.05) is 0 Å². The molecule has 1 spiro atoms. The summed E-state index contributed by atoms with van der Waals surface area (Å²) in [5, 5.41) is 10.3. The van der Waals surface area contributed by atoms with E-state index in [-0.39, 0.29) is 28.8 Å². The molecule has 2 heterocycles. The molecule has 0 aromatic carbocycles. The second-order valence-electron chi connectivity index (χ2n) is 12.4. The number of aliphatic hydroxyl groups is 1. The van der Waals surface area contributed by atoms with E-state index in [4.69, 9.17) is 9.47 Å². The summed E-state index contributed by atoms with van der Waals surface area (Å²) in [5.74, 6) is 2.28. The lowest BCUT2D eigenvalue weighted by atomic mass is 9.50. The van der Waals surface area contributed by atoms with Gasteiger partial charge in [0.25, 0.3) is 0 Å². The van der Waals surface area contributed by atoms with Crippen molar-refractivity contribution in [2.75, 3.05) is 0 Å². The number of rotatable bonds is 4. The number of fused-ring (bicyclic) bond motifs is 3. The van der Waals surface area contributed by atoms with Gasteiger partial charge < -0.3 is 14.6 Å². The Kier molecular flexibility index (Phi) is 4.39. The molecule has 3 heteroatoms. The molecule has 9 atom stereocenters. The molecule has 2 saturated heterocycles. The molecular formula is C28H40O3. The summed E-state index contributed by atoms with van der Waals surface area (Å²) in [7, 11) is 0. The first-order valence-corrected chi connectivity index (χ1v) is 12.8. The molecule has 4 aliphatic carbocycles. The Morgan fingerprint density at radius 2 is 2.03 bits per heavy atom. The van der Waals surface area contributed by atoms with Crippen molar-refractivity contribution in [3.63, 3.8) is 0 Å². The van der Waals surface area contributed by atoms with Crippen LogP contribution in [0.3, 0.4) is 0 Å². The molecule has 9 unspecified atom stereocenters. The SMILES string of the molecule is C=C(CCC1(C)OC2OC3CC1C21CCC2C(=CC=C4CC(O)CCC42C)C31)C(C)C. The van der Waals surface area contributed by atoms with Gasteiger partial charge in [-0.2, -0.15) is 0 Å². The lowest BCUT2D eigenvalue weighted by Crippen LogP contribution is -2.48. The van der Waals surface area contributed by atoms with Gasteiger partial charge in [0.1, 0.15) is 0 Å². The number of hydrogen-bond acceptors (Lipinski definition) is 3. The molecule has 0 amide bonds. The van der Waals surface area contributed by atoms with Crippen molar-refractivity contribution in [2.45, 2.75) is 103 Å². The van der Waals surface area contributed by atoms with Crippen LogP contribution in [-0.4, -0.2) is 29.2 Å². The van der Waals surface area contributed by atoms with E-state index in [1.165, 1.54) is 24.0 Å². The average molecular weight is 425 g/mol. The van der Waals surface area contributed by atoms with Gasteiger partial charge in [-0.15, -0.1) is 0 Å². The van der Waals surface area contributed by atoms with E-state index >= 15 is 0 Å². The van der Waals surface area contributed by atoms with E-state index in [1.54, 1.807) is 5.57 Å². The Morgan fingerprint density at radius 3 is 2.81 bits per heavy atom. The van der Waals surface area contributed by atoms with E-state index < -0.39 is 0 Å². The summed E-state index contributed by atoms with van der Waals surface area (Å²) >= 11 is 0. The zero-order chi connectivity index (χ0) is 21.8. The largest absolute Gasteiger partial charge is 0.393 e. The lowest BCUT2D eigenvalue weighted by molar-refractivity contribution is -0.173. The van der Waals surface area contributed by atoms with Crippen LogP contribution >= 0.6 is 0 Å². The molecule has 5 fully saturated rings. The fraction of sp³-hybridized carbons (Fsp3) is 0.786. The zero-order valence-electron chi connectivity index (χ0n) is 19.8. The minimum Gasteiger partial charge on any atom is -0.393 e. The van der Waals surface area contributed by atoms with Crippen LogP contribution < -0.4 is 0 Å². The highest BCUT2D eigenvalue weighted by Crippen LogP contribution is 2.75. The van der Waals surface area contributed by atoms with Crippen molar-refractivity contribution in [1.82, 2.24) is 0 Å². The molecule has 6 rings (SSSR count). The van der Waals surface area contributed by atoms with Crippen LogP contribution in [0.4, 0.5) is 0 Å². The van der Waals surface area contributed by atoms with Gasteiger partial charge in [-0.25, -0.2) is 0 Å². The Hall–Kier alpha value is -0.900. The summed E-state index contributed by atoms with van der Waals surface area (Å²) in [5.41, 5.74) is 4.80. The second kappa shape index (κ2) is 6.58. The molecule has 2 aliphatic heterocycles. The number of hydrogen-bond donors (Lipinski definition) is 1. The molecular weight excluding hydrogens is 384 g/mol. The third kappa shape index (κ3) is 2.58. The summed E-state index contributed by atoms with van der Waals surface area (Å²) in [6.07, 6.45) is 13.6. The first-order valence-electron chi connectivity index (χ1n) is 12.8.